The van der Waals surface area contributed by atoms with Gasteiger partial charge in [0.1, 0.15) is 0 Å². The van der Waals surface area contributed by atoms with E-state index in [0.717, 1.165) is 0 Å². The maximum Gasteiger partial charge on any atom is 3.00 e. The monoisotopic (exact) mass is 462 g/mol. The van der Waals surface area contributed by atoms with E-state index in [1.807, 2.05) is 0 Å². The molecule has 0 aliphatic carbocycles. The van der Waals surface area contributed by atoms with Gasteiger partial charge in [-0.05, 0) is 0 Å². The van der Waals surface area contributed by atoms with Crippen LogP contribution in [0.4, 0.5) is 0 Å². The largest absolute Gasteiger partial charge is 3.00 e. The molecule has 32 valence electrons. The molecule has 0 amide bonds. The van der Waals surface area contributed by atoms with Crippen LogP contribution in [-0.4, -0.2) is 34.7 Å². The Morgan fingerprint density at radius 2 is 0.429 bits per heavy atom. The number of hydrogen-bond donors (Lipinski definition) is 0. The van der Waals surface area contributed by atoms with Gasteiger partial charge in [-0.25, -0.2) is 0 Å². The summed E-state index contributed by atoms with van der Waals surface area (Å²) in [6.07, 6.45) is 0. The first kappa shape index (κ1) is 101. The van der Waals surface area contributed by atoms with Gasteiger partial charge < -0.3 is 16.4 Å². The molecule has 7 heteroatoms. The molecule has 0 unspecified atom stereocenters. The third-order valence-electron chi connectivity index (χ3n) is 0. The molecule has 0 aromatic carbocycles. The van der Waals surface area contributed by atoms with Crippen molar-refractivity contribution >= 4 is 34.7 Å². The van der Waals surface area contributed by atoms with Crippen LogP contribution in [0.2, 0.25) is 0 Å². The molecule has 0 fully saturated rings. The summed E-state index contributed by atoms with van der Waals surface area (Å²) in [5.74, 6) is 0. The van der Waals surface area contributed by atoms with Crippen LogP contribution in [0.15, 0.2) is 0 Å². The number of hydrogen-bond acceptors (Lipinski definition) is 0. The van der Waals surface area contributed by atoms with Crippen LogP contribution < -0.4 is 0 Å². The molecule has 0 aliphatic heterocycles. The summed E-state index contributed by atoms with van der Waals surface area (Å²) in [7, 11) is 0. The Balaban J connectivity index is 0. The fourth-order valence-electron chi connectivity index (χ4n) is 0. The SMILES string of the molecule is [Al+3].[Al+3].[Hf].[Hf].[O-2].[O-2].[O-2]. The molecule has 0 aromatic rings. The molecule has 3 nitrogen and oxygen atoms in total. The Morgan fingerprint density at radius 3 is 0.429 bits per heavy atom. The zero-order chi connectivity index (χ0) is 0. The van der Waals surface area contributed by atoms with Gasteiger partial charge in [0, 0.05) is 51.7 Å². The Morgan fingerprint density at radius 1 is 0.429 bits per heavy atom. The van der Waals surface area contributed by atoms with Crippen molar-refractivity contribution in [2.45, 2.75) is 0 Å². The van der Waals surface area contributed by atoms with Gasteiger partial charge in [-0.1, -0.05) is 0 Å². The first-order valence-corrected chi connectivity index (χ1v) is 0. The zero-order valence-electron chi connectivity index (χ0n) is 3.38. The average Bonchev–Trinajstić information content (AvgIpc) is 0. The van der Waals surface area contributed by atoms with E-state index >= 15 is 0 Å². The first-order chi connectivity index (χ1) is 0. The van der Waals surface area contributed by atoms with Gasteiger partial charge in [0.15, 0.2) is 0 Å². The van der Waals surface area contributed by atoms with Crippen molar-refractivity contribution < 1.29 is 68.1 Å². The Labute approximate surface area is 101 Å². The molecule has 0 aromatic heterocycles. The zero-order valence-corrected chi connectivity index (χ0v) is 12.9. The fourth-order valence-corrected chi connectivity index (χ4v) is 0. The molecule has 0 N–H and O–H groups in total. The molecule has 0 radical (unpaired) electrons. The fraction of sp³-hybridized carbons (Fsp3) is 0. The summed E-state index contributed by atoms with van der Waals surface area (Å²) in [6, 6.07) is 0. The van der Waals surface area contributed by atoms with Gasteiger partial charge in [0.2, 0.25) is 0 Å². The number of rotatable bonds is 0. The van der Waals surface area contributed by atoms with E-state index in [4.69, 9.17) is 0 Å². The van der Waals surface area contributed by atoms with Gasteiger partial charge in [0.25, 0.3) is 0 Å². The summed E-state index contributed by atoms with van der Waals surface area (Å²) >= 11 is 0. The van der Waals surface area contributed by atoms with Crippen molar-refractivity contribution in [3.05, 3.63) is 0 Å². The molecule has 0 atom stereocenters. The summed E-state index contributed by atoms with van der Waals surface area (Å²) in [6.45, 7) is 0. The van der Waals surface area contributed by atoms with E-state index < -0.39 is 0 Å². The van der Waals surface area contributed by atoms with Crippen molar-refractivity contribution in [2.75, 3.05) is 0 Å². The Hall–Kier alpha value is 2.69. The normalized spacial score (nSPS) is 0. The molecule has 0 saturated carbocycles. The van der Waals surface area contributed by atoms with Crippen LogP contribution in [0.1, 0.15) is 0 Å². The quantitative estimate of drug-likeness (QED) is 0.412. The minimum atomic E-state index is 0. The van der Waals surface area contributed by atoms with Crippen molar-refractivity contribution in [1.29, 1.82) is 0 Å². The summed E-state index contributed by atoms with van der Waals surface area (Å²) in [4.78, 5) is 0. The topological polar surface area (TPSA) is 85.5 Å². The third-order valence-corrected chi connectivity index (χ3v) is 0. The molecule has 0 heterocycles. The second kappa shape index (κ2) is 71.1. The van der Waals surface area contributed by atoms with Crippen LogP contribution in [0.5, 0.6) is 0 Å². The van der Waals surface area contributed by atoms with Crippen LogP contribution in [0.25, 0.3) is 0 Å². The van der Waals surface area contributed by atoms with Crippen LogP contribution >= 0.6 is 0 Å². The molecule has 0 rings (SSSR count). The average molecular weight is 459 g/mol. The van der Waals surface area contributed by atoms with Crippen LogP contribution in [0, 0.1) is 0 Å². The first-order valence-electron chi connectivity index (χ1n) is 0. The smallest absolute Gasteiger partial charge is 2.00 e. The summed E-state index contributed by atoms with van der Waals surface area (Å²) in [5, 5.41) is 0. The standard InChI is InChI=1S/2Al.2Hf.3O/q2*+3;;;3*-2. The van der Waals surface area contributed by atoms with Gasteiger partial charge in [-0.2, -0.15) is 0 Å². The third kappa shape index (κ3) is 53.8. The van der Waals surface area contributed by atoms with E-state index in [1.54, 1.807) is 0 Å². The molecule has 0 spiro atoms. The van der Waals surface area contributed by atoms with Gasteiger partial charge in [0.05, 0.1) is 0 Å². The Kier molecular flexibility index (Phi) is 1030. The summed E-state index contributed by atoms with van der Waals surface area (Å²) in [5.41, 5.74) is 0. The maximum absolute atomic E-state index is 0. The van der Waals surface area contributed by atoms with E-state index in [2.05, 4.69) is 0 Å². The van der Waals surface area contributed by atoms with E-state index in [1.165, 1.54) is 0 Å². The van der Waals surface area contributed by atoms with Crippen molar-refractivity contribution in [1.82, 2.24) is 0 Å². The minimum absolute atomic E-state index is 0. The maximum atomic E-state index is 0. The molecule has 7 heavy (non-hydrogen) atoms. The molecule has 0 bridgehead atoms. The van der Waals surface area contributed by atoms with Gasteiger partial charge in [-0.15, -0.1) is 0 Å². The van der Waals surface area contributed by atoms with E-state index in [-0.39, 0.29) is 103 Å². The van der Waals surface area contributed by atoms with Crippen LogP contribution in [0.3, 0.4) is 0 Å². The second-order valence-corrected chi connectivity index (χ2v) is 0. The molecule has 0 saturated heterocycles. The van der Waals surface area contributed by atoms with Crippen molar-refractivity contribution in [2.24, 2.45) is 0 Å². The van der Waals surface area contributed by atoms with Crippen molar-refractivity contribution in [3.8, 4) is 0 Å². The van der Waals surface area contributed by atoms with Gasteiger partial charge in [-0.3, -0.25) is 0 Å². The van der Waals surface area contributed by atoms with Crippen molar-refractivity contribution in [3.63, 3.8) is 0 Å². The minimum Gasteiger partial charge on any atom is -2.00 e. The molecular weight excluding hydrogens is 459 g/mol. The Bertz CT molecular complexity index is 10.9. The second-order valence-electron chi connectivity index (χ2n) is 0. The van der Waals surface area contributed by atoms with Gasteiger partial charge >= 0.3 is 34.7 Å². The predicted octanol–water partition coefficient (Wildman–Crippen LogP) is -1.12. The van der Waals surface area contributed by atoms with E-state index in [0.29, 0.717) is 0 Å². The summed E-state index contributed by atoms with van der Waals surface area (Å²) < 4.78 is 0. The predicted molar refractivity (Wildman–Crippen MR) is 13.6 cm³/mol. The molecule has 0 aliphatic rings. The van der Waals surface area contributed by atoms with Crippen LogP contribution in [-0.2, 0) is 68.1 Å². The van der Waals surface area contributed by atoms with E-state index in [9.17, 15) is 0 Å². The molecular formula is Al2Hf2O3.